The van der Waals surface area contributed by atoms with Crippen LogP contribution in [0.4, 0.5) is 0 Å². The zero-order chi connectivity index (χ0) is 19.0. The average molecular weight is 373 g/mol. The summed E-state index contributed by atoms with van der Waals surface area (Å²) in [4.78, 5) is 29.7. The number of methoxy groups -OCH3 is 1. The number of nitrogens with zero attached hydrogens (tertiary/aromatic N) is 2. The lowest BCUT2D eigenvalue weighted by atomic mass is 9.92. The molecule has 2 heterocycles. The summed E-state index contributed by atoms with van der Waals surface area (Å²) in [5, 5.41) is 12.4. The van der Waals surface area contributed by atoms with Crippen molar-refractivity contribution in [2.75, 3.05) is 33.4 Å². The van der Waals surface area contributed by atoms with Gasteiger partial charge in [-0.1, -0.05) is 12.1 Å². The summed E-state index contributed by atoms with van der Waals surface area (Å²) >= 11 is 0. The zero-order valence-electron chi connectivity index (χ0n) is 15.6. The fourth-order valence-electron chi connectivity index (χ4n) is 4.41. The molecule has 1 aliphatic carbocycles. The Morgan fingerprint density at radius 2 is 2.04 bits per heavy atom. The Balaban J connectivity index is 1.62. The summed E-state index contributed by atoms with van der Waals surface area (Å²) in [6, 6.07) is 7.72. The number of fused-ring (bicyclic) bond motifs is 1. The predicted octanol–water partition coefficient (Wildman–Crippen LogP) is 0.540. The number of carbonyl (C=O) groups is 2. The van der Waals surface area contributed by atoms with E-state index in [4.69, 9.17) is 4.74 Å². The topological polar surface area (TPSA) is 82.1 Å². The van der Waals surface area contributed by atoms with Gasteiger partial charge in [0.05, 0.1) is 32.2 Å². The molecule has 1 saturated carbocycles. The Morgan fingerprint density at radius 3 is 2.67 bits per heavy atom. The number of piperazine rings is 1. The van der Waals surface area contributed by atoms with Gasteiger partial charge in [0.2, 0.25) is 11.8 Å². The van der Waals surface area contributed by atoms with E-state index >= 15 is 0 Å². The first-order valence-electron chi connectivity index (χ1n) is 9.69. The summed E-state index contributed by atoms with van der Waals surface area (Å²) in [6.45, 7) is 1.52. The Hall–Kier alpha value is -2.12. The van der Waals surface area contributed by atoms with Crippen LogP contribution in [-0.2, 0) is 9.59 Å². The predicted molar refractivity (Wildman–Crippen MR) is 99.2 cm³/mol. The number of hydrogen-bond donors (Lipinski definition) is 2. The van der Waals surface area contributed by atoms with Gasteiger partial charge in [0.1, 0.15) is 5.75 Å². The molecule has 0 aromatic heterocycles. The van der Waals surface area contributed by atoms with Crippen LogP contribution in [0.25, 0.3) is 0 Å². The molecule has 3 fully saturated rings. The molecule has 27 heavy (non-hydrogen) atoms. The van der Waals surface area contributed by atoms with Crippen molar-refractivity contribution < 1.29 is 19.4 Å². The number of nitrogens with one attached hydrogen (secondary N) is 1. The van der Waals surface area contributed by atoms with E-state index in [9.17, 15) is 14.7 Å². The van der Waals surface area contributed by atoms with Crippen LogP contribution in [0.5, 0.6) is 5.75 Å². The third kappa shape index (κ3) is 3.66. The summed E-state index contributed by atoms with van der Waals surface area (Å²) < 4.78 is 5.25. The lowest BCUT2D eigenvalue weighted by molar-refractivity contribution is -0.141. The average Bonchev–Trinajstić information content (AvgIpc) is 3.39. The Kier molecular flexibility index (Phi) is 5.06. The molecule has 7 nitrogen and oxygen atoms in total. The maximum atomic E-state index is 12.9. The van der Waals surface area contributed by atoms with Crippen molar-refractivity contribution >= 4 is 11.8 Å². The molecule has 2 unspecified atom stereocenters. The van der Waals surface area contributed by atoms with E-state index in [-0.39, 0.29) is 36.4 Å². The fourth-order valence-corrected chi connectivity index (χ4v) is 4.41. The molecule has 3 aliphatic rings. The van der Waals surface area contributed by atoms with Crippen LogP contribution in [0.1, 0.15) is 30.9 Å². The van der Waals surface area contributed by atoms with E-state index in [1.54, 1.807) is 7.11 Å². The minimum absolute atomic E-state index is 0.000135. The molecule has 4 rings (SSSR count). The summed E-state index contributed by atoms with van der Waals surface area (Å²) in [5.41, 5.74) is 0.971. The molecular weight excluding hydrogens is 346 g/mol. The van der Waals surface area contributed by atoms with Gasteiger partial charge >= 0.3 is 0 Å². The zero-order valence-corrected chi connectivity index (χ0v) is 15.6. The molecule has 0 bridgehead atoms. The van der Waals surface area contributed by atoms with Crippen LogP contribution >= 0.6 is 0 Å². The van der Waals surface area contributed by atoms with Crippen LogP contribution in [-0.4, -0.2) is 72.2 Å². The SMILES string of the molecule is COc1ccc(C2C(C(=O)NC3CC3)C[C@H]3CN(CCO)CC(=O)N23)cc1. The molecule has 1 aromatic rings. The Bertz CT molecular complexity index is 704. The number of rotatable bonds is 6. The molecule has 0 radical (unpaired) electrons. The van der Waals surface area contributed by atoms with E-state index in [2.05, 4.69) is 5.32 Å². The van der Waals surface area contributed by atoms with Gasteiger partial charge in [-0.2, -0.15) is 0 Å². The van der Waals surface area contributed by atoms with Crippen molar-refractivity contribution in [2.24, 2.45) is 5.92 Å². The Labute approximate surface area is 159 Å². The van der Waals surface area contributed by atoms with Gasteiger partial charge in [-0.25, -0.2) is 0 Å². The van der Waals surface area contributed by atoms with Gasteiger partial charge in [0.25, 0.3) is 0 Å². The fraction of sp³-hybridized carbons (Fsp3) is 0.600. The van der Waals surface area contributed by atoms with Crippen molar-refractivity contribution in [1.82, 2.24) is 15.1 Å². The molecule has 0 spiro atoms. The highest BCUT2D eigenvalue weighted by Gasteiger charge is 2.50. The smallest absolute Gasteiger partial charge is 0.237 e. The number of carbonyl (C=O) groups excluding carboxylic acids is 2. The van der Waals surface area contributed by atoms with Crippen molar-refractivity contribution in [3.05, 3.63) is 29.8 Å². The number of aliphatic hydroxyl groups is 1. The second-order valence-electron chi connectivity index (χ2n) is 7.76. The van der Waals surface area contributed by atoms with Crippen molar-refractivity contribution in [3.63, 3.8) is 0 Å². The largest absolute Gasteiger partial charge is 0.497 e. The number of benzene rings is 1. The highest BCUT2D eigenvalue weighted by atomic mass is 16.5. The highest BCUT2D eigenvalue weighted by Crippen LogP contribution is 2.43. The Morgan fingerprint density at radius 1 is 1.30 bits per heavy atom. The molecule has 146 valence electrons. The first-order valence-corrected chi connectivity index (χ1v) is 9.69. The number of hydrogen-bond acceptors (Lipinski definition) is 5. The lowest BCUT2D eigenvalue weighted by Crippen LogP contribution is -2.54. The van der Waals surface area contributed by atoms with Gasteiger partial charge in [-0.05, 0) is 37.0 Å². The number of ether oxygens (including phenoxy) is 1. The van der Waals surface area contributed by atoms with Gasteiger partial charge < -0.3 is 20.1 Å². The van der Waals surface area contributed by atoms with E-state index in [1.165, 1.54) is 0 Å². The maximum absolute atomic E-state index is 12.9. The summed E-state index contributed by atoms with van der Waals surface area (Å²) in [5.74, 6) is 0.588. The number of amides is 2. The van der Waals surface area contributed by atoms with E-state index in [0.717, 1.165) is 24.2 Å². The standard InChI is InChI=1S/C20H27N3O4/c1-27-16-6-2-13(3-7-16)19-17(20(26)21-14-4-5-14)10-15-11-22(8-9-24)12-18(25)23(15)19/h2-3,6-7,14-15,17,19,24H,4-5,8-12H2,1H3,(H,21,26)/t15-,17?,19?/m0/s1. The molecule has 1 aromatic carbocycles. The van der Waals surface area contributed by atoms with Crippen LogP contribution in [0, 0.1) is 5.92 Å². The molecule has 2 amide bonds. The van der Waals surface area contributed by atoms with Gasteiger partial charge in [0, 0.05) is 25.2 Å². The third-order valence-corrected chi connectivity index (χ3v) is 5.85. The molecule has 2 saturated heterocycles. The highest BCUT2D eigenvalue weighted by molar-refractivity contribution is 5.85. The molecule has 7 heteroatoms. The lowest BCUT2D eigenvalue weighted by Gasteiger charge is -2.40. The first-order chi connectivity index (χ1) is 13.1. The normalized spacial score (nSPS) is 28.1. The van der Waals surface area contributed by atoms with Crippen molar-refractivity contribution in [1.29, 1.82) is 0 Å². The summed E-state index contributed by atoms with van der Waals surface area (Å²) in [6.07, 6.45) is 2.74. The third-order valence-electron chi connectivity index (χ3n) is 5.85. The quantitative estimate of drug-likeness (QED) is 0.761. The minimum Gasteiger partial charge on any atom is -0.497 e. The second-order valence-corrected chi connectivity index (χ2v) is 7.76. The molecule has 3 atom stereocenters. The minimum atomic E-state index is -0.248. The first kappa shape index (κ1) is 18.3. The number of aliphatic hydroxyl groups excluding tert-OH is 1. The molecular formula is C20H27N3O4. The van der Waals surface area contributed by atoms with Gasteiger partial charge in [0.15, 0.2) is 0 Å². The maximum Gasteiger partial charge on any atom is 0.237 e. The molecule has 2 N–H and O–H groups in total. The van der Waals surface area contributed by atoms with Gasteiger partial charge in [-0.3, -0.25) is 14.5 Å². The van der Waals surface area contributed by atoms with E-state index in [1.807, 2.05) is 34.1 Å². The molecule has 2 aliphatic heterocycles. The van der Waals surface area contributed by atoms with Crippen LogP contribution in [0.3, 0.4) is 0 Å². The van der Waals surface area contributed by atoms with Crippen LogP contribution in [0.15, 0.2) is 24.3 Å². The van der Waals surface area contributed by atoms with E-state index in [0.29, 0.717) is 32.1 Å². The van der Waals surface area contributed by atoms with Crippen molar-refractivity contribution in [3.8, 4) is 5.75 Å². The van der Waals surface area contributed by atoms with Gasteiger partial charge in [-0.15, -0.1) is 0 Å². The van der Waals surface area contributed by atoms with Crippen LogP contribution < -0.4 is 10.1 Å². The second kappa shape index (κ2) is 7.48. The van der Waals surface area contributed by atoms with Crippen LogP contribution in [0.2, 0.25) is 0 Å². The summed E-state index contributed by atoms with van der Waals surface area (Å²) in [7, 11) is 1.62. The number of β-amino-alcohol motifs (C(OH)–C–C–N with tert-alkyl or cyclic N) is 1. The van der Waals surface area contributed by atoms with E-state index < -0.39 is 0 Å². The van der Waals surface area contributed by atoms with Crippen molar-refractivity contribution in [2.45, 2.75) is 37.4 Å². The monoisotopic (exact) mass is 373 g/mol.